The first-order valence-corrected chi connectivity index (χ1v) is 8.26. The predicted octanol–water partition coefficient (Wildman–Crippen LogP) is 4.00. The molecule has 0 aromatic carbocycles. The van der Waals surface area contributed by atoms with Gasteiger partial charge in [-0.25, -0.2) is 9.78 Å². The fourth-order valence-electron chi connectivity index (χ4n) is 3.17. The second kappa shape index (κ2) is 6.81. The van der Waals surface area contributed by atoms with Crippen molar-refractivity contribution in [1.82, 2.24) is 14.9 Å². The molecule has 22 heavy (non-hydrogen) atoms. The van der Waals surface area contributed by atoms with Gasteiger partial charge in [0.25, 0.3) is 0 Å². The van der Waals surface area contributed by atoms with E-state index >= 15 is 0 Å². The number of anilines is 1. The Morgan fingerprint density at radius 2 is 2.27 bits per heavy atom. The second-order valence-corrected chi connectivity index (χ2v) is 6.10. The van der Waals surface area contributed by atoms with Gasteiger partial charge in [0.1, 0.15) is 5.65 Å². The van der Waals surface area contributed by atoms with Gasteiger partial charge in [0.05, 0.1) is 5.69 Å². The van der Waals surface area contributed by atoms with Crippen molar-refractivity contribution in [2.24, 2.45) is 5.92 Å². The number of likely N-dealkylation sites (tertiary alicyclic amines) is 1. The molecular weight excluding hydrogens is 276 g/mol. The number of fused-ring (bicyclic) bond motifs is 1. The van der Waals surface area contributed by atoms with Crippen molar-refractivity contribution in [2.75, 3.05) is 18.4 Å². The third-order valence-electron chi connectivity index (χ3n) is 4.56. The van der Waals surface area contributed by atoms with Crippen LogP contribution in [0.25, 0.3) is 11.0 Å². The van der Waals surface area contributed by atoms with Gasteiger partial charge in [-0.15, -0.1) is 0 Å². The second-order valence-electron chi connectivity index (χ2n) is 6.10. The van der Waals surface area contributed by atoms with E-state index in [1.54, 1.807) is 6.20 Å². The number of hydrogen-bond donors (Lipinski definition) is 2. The van der Waals surface area contributed by atoms with Crippen LogP contribution in [0.4, 0.5) is 10.5 Å². The molecule has 0 saturated carbocycles. The Morgan fingerprint density at radius 1 is 1.45 bits per heavy atom. The molecule has 1 fully saturated rings. The first kappa shape index (κ1) is 14.9. The molecule has 1 aliphatic heterocycles. The SMILES string of the molecule is CCCCC1CCN(C(=O)Nc2c[nH]c3ncccc23)CC1. The summed E-state index contributed by atoms with van der Waals surface area (Å²) in [5.41, 5.74) is 1.61. The number of aromatic nitrogens is 2. The lowest BCUT2D eigenvalue weighted by Gasteiger charge is -2.32. The van der Waals surface area contributed by atoms with Crippen LogP contribution in [0.15, 0.2) is 24.5 Å². The van der Waals surface area contributed by atoms with Crippen molar-refractivity contribution in [3.8, 4) is 0 Å². The number of rotatable bonds is 4. The number of unbranched alkanes of at least 4 members (excludes halogenated alkanes) is 1. The third-order valence-corrected chi connectivity index (χ3v) is 4.56. The van der Waals surface area contributed by atoms with Gasteiger partial charge >= 0.3 is 6.03 Å². The molecule has 3 rings (SSSR count). The highest BCUT2D eigenvalue weighted by molar-refractivity contribution is 5.99. The van der Waals surface area contributed by atoms with Crippen molar-refractivity contribution >= 4 is 22.8 Å². The zero-order valence-corrected chi connectivity index (χ0v) is 13.1. The standard InChI is InChI=1S/C17H24N4O/c1-2-3-5-13-7-10-21(11-8-13)17(22)20-15-12-19-16-14(15)6-4-9-18-16/h4,6,9,12-13H,2-3,5,7-8,10-11H2,1H3,(H,18,19)(H,20,22). The number of hydrogen-bond acceptors (Lipinski definition) is 2. The first-order chi connectivity index (χ1) is 10.8. The average Bonchev–Trinajstić information content (AvgIpc) is 2.96. The first-order valence-electron chi connectivity index (χ1n) is 8.26. The quantitative estimate of drug-likeness (QED) is 0.896. The molecule has 2 N–H and O–H groups in total. The minimum Gasteiger partial charge on any atom is -0.344 e. The van der Waals surface area contributed by atoms with Gasteiger partial charge in [-0.05, 0) is 30.9 Å². The molecule has 2 aromatic heterocycles. The number of carbonyl (C=O) groups excluding carboxylic acids is 1. The highest BCUT2D eigenvalue weighted by atomic mass is 16.2. The highest BCUT2D eigenvalue weighted by Crippen LogP contribution is 2.24. The van der Waals surface area contributed by atoms with E-state index in [1.807, 2.05) is 23.2 Å². The van der Waals surface area contributed by atoms with Crippen molar-refractivity contribution in [3.63, 3.8) is 0 Å². The van der Waals surface area contributed by atoms with Crippen LogP contribution in [-0.2, 0) is 0 Å². The normalized spacial score (nSPS) is 16.1. The molecular formula is C17H24N4O. The van der Waals surface area contributed by atoms with Crippen molar-refractivity contribution in [2.45, 2.75) is 39.0 Å². The number of nitrogens with one attached hydrogen (secondary N) is 2. The maximum Gasteiger partial charge on any atom is 0.321 e. The molecule has 0 aliphatic carbocycles. The monoisotopic (exact) mass is 300 g/mol. The summed E-state index contributed by atoms with van der Waals surface area (Å²) in [5.74, 6) is 0.793. The van der Waals surface area contributed by atoms with E-state index in [2.05, 4.69) is 22.2 Å². The van der Waals surface area contributed by atoms with Gasteiger partial charge in [0, 0.05) is 30.9 Å². The summed E-state index contributed by atoms with van der Waals surface area (Å²) in [5, 5.41) is 3.96. The Hall–Kier alpha value is -2.04. The van der Waals surface area contributed by atoms with E-state index in [4.69, 9.17) is 0 Å². The number of pyridine rings is 1. The summed E-state index contributed by atoms with van der Waals surface area (Å²) in [7, 11) is 0. The van der Waals surface area contributed by atoms with Gasteiger partial charge in [-0.3, -0.25) is 0 Å². The molecule has 0 bridgehead atoms. The van der Waals surface area contributed by atoms with Crippen LogP contribution >= 0.6 is 0 Å². The van der Waals surface area contributed by atoms with Gasteiger partial charge < -0.3 is 15.2 Å². The van der Waals surface area contributed by atoms with Crippen molar-refractivity contribution in [3.05, 3.63) is 24.5 Å². The summed E-state index contributed by atoms with van der Waals surface area (Å²) < 4.78 is 0. The van der Waals surface area contributed by atoms with Crippen LogP contribution in [0.3, 0.4) is 0 Å². The van der Waals surface area contributed by atoms with Crippen molar-refractivity contribution in [1.29, 1.82) is 0 Å². The van der Waals surface area contributed by atoms with Gasteiger partial charge in [-0.2, -0.15) is 0 Å². The molecule has 0 unspecified atom stereocenters. The molecule has 5 nitrogen and oxygen atoms in total. The summed E-state index contributed by atoms with van der Waals surface area (Å²) in [6.45, 7) is 3.96. The predicted molar refractivity (Wildman–Crippen MR) is 88.9 cm³/mol. The molecule has 0 spiro atoms. The minimum absolute atomic E-state index is 0.00121. The number of piperidine rings is 1. The number of amides is 2. The summed E-state index contributed by atoms with van der Waals surface area (Å²) in [6, 6.07) is 3.84. The molecule has 1 saturated heterocycles. The molecule has 118 valence electrons. The zero-order chi connectivity index (χ0) is 15.4. The Bertz CT molecular complexity index is 628. The van der Waals surface area contributed by atoms with E-state index in [0.29, 0.717) is 0 Å². The number of aromatic amines is 1. The molecule has 0 radical (unpaired) electrons. The Labute approximate surface area is 131 Å². The maximum atomic E-state index is 12.4. The molecule has 2 amide bonds. The molecule has 5 heteroatoms. The van der Waals surface area contributed by atoms with Crippen molar-refractivity contribution < 1.29 is 4.79 Å². The van der Waals surface area contributed by atoms with Crippen LogP contribution in [0.1, 0.15) is 39.0 Å². The average molecular weight is 300 g/mol. The van der Waals surface area contributed by atoms with Gasteiger partial charge in [-0.1, -0.05) is 26.2 Å². The third kappa shape index (κ3) is 3.24. The lowest BCUT2D eigenvalue weighted by Crippen LogP contribution is -2.41. The molecule has 0 atom stereocenters. The minimum atomic E-state index is -0.00121. The number of carbonyl (C=O) groups is 1. The number of urea groups is 1. The van der Waals surface area contributed by atoms with Crippen LogP contribution in [0, 0.1) is 5.92 Å². The molecule has 3 heterocycles. The van der Waals surface area contributed by atoms with Crippen LogP contribution in [0.2, 0.25) is 0 Å². The van der Waals surface area contributed by atoms with Crippen LogP contribution < -0.4 is 5.32 Å². The smallest absolute Gasteiger partial charge is 0.321 e. The summed E-state index contributed by atoms with van der Waals surface area (Å²) >= 11 is 0. The van der Waals surface area contributed by atoms with E-state index in [0.717, 1.165) is 48.6 Å². The summed E-state index contributed by atoms with van der Waals surface area (Å²) in [6.07, 6.45) is 9.68. The summed E-state index contributed by atoms with van der Waals surface area (Å²) in [4.78, 5) is 21.7. The van der Waals surface area contributed by atoms with E-state index in [1.165, 1.54) is 19.3 Å². The fraction of sp³-hybridized carbons (Fsp3) is 0.529. The Morgan fingerprint density at radius 3 is 3.05 bits per heavy atom. The number of H-pyrrole nitrogens is 1. The maximum absolute atomic E-state index is 12.4. The van der Waals surface area contributed by atoms with E-state index < -0.39 is 0 Å². The molecule has 1 aliphatic rings. The highest BCUT2D eigenvalue weighted by Gasteiger charge is 2.22. The Kier molecular flexibility index (Phi) is 4.61. The number of nitrogens with zero attached hydrogens (tertiary/aromatic N) is 2. The lowest BCUT2D eigenvalue weighted by molar-refractivity contribution is 0.179. The topological polar surface area (TPSA) is 61.0 Å². The van der Waals surface area contributed by atoms with E-state index in [-0.39, 0.29) is 6.03 Å². The van der Waals surface area contributed by atoms with E-state index in [9.17, 15) is 4.79 Å². The largest absolute Gasteiger partial charge is 0.344 e. The lowest BCUT2D eigenvalue weighted by atomic mass is 9.92. The zero-order valence-electron chi connectivity index (χ0n) is 13.1. The van der Waals surface area contributed by atoms with Gasteiger partial charge in [0.15, 0.2) is 0 Å². The van der Waals surface area contributed by atoms with Crippen LogP contribution in [-0.4, -0.2) is 34.0 Å². The fourth-order valence-corrected chi connectivity index (χ4v) is 3.17. The Balaban J connectivity index is 1.57. The molecule has 2 aromatic rings. The van der Waals surface area contributed by atoms with Gasteiger partial charge in [0.2, 0.25) is 0 Å². The van der Waals surface area contributed by atoms with Crippen LogP contribution in [0.5, 0.6) is 0 Å².